The molecular weight excluding hydrogens is 385 g/mol. The van der Waals surface area contributed by atoms with Gasteiger partial charge in [0.05, 0.1) is 17.3 Å². The van der Waals surface area contributed by atoms with Crippen molar-refractivity contribution < 1.29 is 9.59 Å². The zero-order valence-electron chi connectivity index (χ0n) is 13.1. The highest BCUT2D eigenvalue weighted by Gasteiger charge is 2.08. The molecule has 3 amide bonds. The number of anilines is 1. The third kappa shape index (κ3) is 6.82. The van der Waals surface area contributed by atoms with Crippen molar-refractivity contribution in [2.45, 2.75) is 6.42 Å². The van der Waals surface area contributed by atoms with Crippen molar-refractivity contribution >= 4 is 52.4 Å². The van der Waals surface area contributed by atoms with Gasteiger partial charge >= 0.3 is 6.03 Å². The van der Waals surface area contributed by atoms with Gasteiger partial charge in [-0.05, 0) is 42.3 Å². The van der Waals surface area contributed by atoms with Crippen molar-refractivity contribution in [1.29, 1.82) is 0 Å². The van der Waals surface area contributed by atoms with E-state index in [0.717, 1.165) is 5.56 Å². The predicted octanol–water partition coefficient (Wildman–Crippen LogP) is 4.13. The van der Waals surface area contributed by atoms with Crippen molar-refractivity contribution in [2.75, 3.05) is 18.4 Å². The molecule has 2 aromatic carbocycles. The maximum absolute atomic E-state index is 11.8. The Morgan fingerprint density at radius 2 is 1.56 bits per heavy atom. The Labute approximate surface area is 160 Å². The second-order valence-electron chi connectivity index (χ2n) is 5.16. The lowest BCUT2D eigenvalue weighted by Crippen LogP contribution is -2.40. The van der Waals surface area contributed by atoms with Crippen LogP contribution in [0.25, 0.3) is 0 Å². The topological polar surface area (TPSA) is 70.2 Å². The SMILES string of the molecule is O=C(CNC(=O)NCCc1ccc(Cl)cc1)Nc1cc(Cl)ccc1Cl. The molecule has 3 N–H and O–H groups in total. The molecule has 2 rings (SSSR count). The highest BCUT2D eigenvalue weighted by molar-refractivity contribution is 6.35. The summed E-state index contributed by atoms with van der Waals surface area (Å²) in [5.74, 6) is -0.406. The first-order valence-electron chi connectivity index (χ1n) is 7.45. The number of nitrogens with one attached hydrogen (secondary N) is 3. The van der Waals surface area contributed by atoms with Gasteiger partial charge in [0.2, 0.25) is 5.91 Å². The fraction of sp³-hybridized carbons (Fsp3) is 0.176. The molecule has 0 bridgehead atoms. The number of benzene rings is 2. The predicted molar refractivity (Wildman–Crippen MR) is 102 cm³/mol. The van der Waals surface area contributed by atoms with Crippen LogP contribution in [0.5, 0.6) is 0 Å². The molecular formula is C17H16Cl3N3O2. The molecule has 0 saturated heterocycles. The Bertz CT molecular complexity index is 751. The van der Waals surface area contributed by atoms with Crippen LogP contribution in [0.2, 0.25) is 15.1 Å². The summed E-state index contributed by atoms with van der Waals surface area (Å²) in [7, 11) is 0. The quantitative estimate of drug-likeness (QED) is 0.682. The van der Waals surface area contributed by atoms with Crippen LogP contribution in [0.1, 0.15) is 5.56 Å². The van der Waals surface area contributed by atoms with E-state index in [0.29, 0.717) is 33.7 Å². The van der Waals surface area contributed by atoms with Gasteiger partial charge in [-0.2, -0.15) is 0 Å². The first kappa shape index (κ1) is 19.4. The molecule has 0 atom stereocenters. The van der Waals surface area contributed by atoms with Crippen molar-refractivity contribution in [2.24, 2.45) is 0 Å². The Morgan fingerprint density at radius 1 is 0.880 bits per heavy atom. The number of hydrogen-bond acceptors (Lipinski definition) is 2. The van der Waals surface area contributed by atoms with E-state index in [-0.39, 0.29) is 6.54 Å². The van der Waals surface area contributed by atoms with Gasteiger partial charge in [0, 0.05) is 16.6 Å². The van der Waals surface area contributed by atoms with E-state index in [1.165, 1.54) is 6.07 Å². The zero-order chi connectivity index (χ0) is 18.2. The van der Waals surface area contributed by atoms with Gasteiger partial charge < -0.3 is 16.0 Å². The summed E-state index contributed by atoms with van der Waals surface area (Å²) in [6.45, 7) is 0.255. The van der Waals surface area contributed by atoms with Gasteiger partial charge in [-0.25, -0.2) is 4.79 Å². The van der Waals surface area contributed by atoms with E-state index in [1.807, 2.05) is 12.1 Å². The van der Waals surface area contributed by atoms with Crippen LogP contribution in [0.15, 0.2) is 42.5 Å². The molecule has 0 aromatic heterocycles. The molecule has 2 aromatic rings. The summed E-state index contributed by atoms with van der Waals surface area (Å²) in [5, 5.41) is 9.22. The monoisotopic (exact) mass is 399 g/mol. The van der Waals surface area contributed by atoms with Gasteiger partial charge in [0.1, 0.15) is 0 Å². The average molecular weight is 401 g/mol. The highest BCUT2D eigenvalue weighted by atomic mass is 35.5. The lowest BCUT2D eigenvalue weighted by molar-refractivity contribution is -0.115. The number of carbonyl (C=O) groups is 2. The Balaban J connectivity index is 1.69. The van der Waals surface area contributed by atoms with E-state index in [4.69, 9.17) is 34.8 Å². The zero-order valence-corrected chi connectivity index (χ0v) is 15.4. The molecule has 0 heterocycles. The number of amides is 3. The number of urea groups is 1. The molecule has 8 heteroatoms. The molecule has 25 heavy (non-hydrogen) atoms. The summed E-state index contributed by atoms with van der Waals surface area (Å²) < 4.78 is 0. The molecule has 132 valence electrons. The van der Waals surface area contributed by atoms with E-state index in [9.17, 15) is 9.59 Å². The third-order valence-corrected chi connectivity index (χ3v) is 4.04. The minimum Gasteiger partial charge on any atom is -0.338 e. The van der Waals surface area contributed by atoms with Crippen LogP contribution >= 0.6 is 34.8 Å². The van der Waals surface area contributed by atoms with Gasteiger partial charge in [-0.1, -0.05) is 46.9 Å². The van der Waals surface area contributed by atoms with Gasteiger partial charge in [0.15, 0.2) is 0 Å². The second kappa shape index (κ2) is 9.51. The maximum atomic E-state index is 11.8. The van der Waals surface area contributed by atoms with Gasteiger partial charge in [0.25, 0.3) is 0 Å². The normalized spacial score (nSPS) is 10.2. The lowest BCUT2D eigenvalue weighted by Gasteiger charge is -2.10. The summed E-state index contributed by atoms with van der Waals surface area (Å²) in [6, 6.07) is 11.7. The van der Waals surface area contributed by atoms with Crippen molar-refractivity contribution in [3.05, 3.63) is 63.1 Å². The Hall–Kier alpha value is -1.95. The van der Waals surface area contributed by atoms with Crippen LogP contribution in [-0.2, 0) is 11.2 Å². The largest absolute Gasteiger partial charge is 0.338 e. The number of rotatable bonds is 6. The van der Waals surface area contributed by atoms with E-state index in [2.05, 4.69) is 16.0 Å². The Kier molecular flexibility index (Phi) is 7.37. The number of carbonyl (C=O) groups excluding carboxylic acids is 2. The summed E-state index contributed by atoms with van der Waals surface area (Å²) in [4.78, 5) is 23.5. The van der Waals surface area contributed by atoms with Crippen LogP contribution < -0.4 is 16.0 Å². The summed E-state index contributed by atoms with van der Waals surface area (Å²) in [6.07, 6.45) is 0.662. The summed E-state index contributed by atoms with van der Waals surface area (Å²) in [5.41, 5.74) is 1.45. The smallest absolute Gasteiger partial charge is 0.315 e. The molecule has 0 aliphatic rings. The number of halogens is 3. The van der Waals surface area contributed by atoms with Crippen LogP contribution in [0, 0.1) is 0 Å². The number of hydrogen-bond donors (Lipinski definition) is 3. The minimum atomic E-state index is -0.429. The molecule has 0 unspecified atom stereocenters. The molecule has 0 saturated carbocycles. The van der Waals surface area contributed by atoms with Crippen molar-refractivity contribution in [3.63, 3.8) is 0 Å². The van der Waals surface area contributed by atoms with E-state index in [1.54, 1.807) is 24.3 Å². The highest BCUT2D eigenvalue weighted by Crippen LogP contribution is 2.25. The van der Waals surface area contributed by atoms with Crippen LogP contribution in [-0.4, -0.2) is 25.0 Å². The Morgan fingerprint density at radius 3 is 2.28 bits per heavy atom. The second-order valence-corrected chi connectivity index (χ2v) is 6.44. The average Bonchev–Trinajstić information content (AvgIpc) is 2.58. The lowest BCUT2D eigenvalue weighted by atomic mass is 10.1. The molecule has 5 nitrogen and oxygen atoms in total. The molecule has 0 aliphatic heterocycles. The molecule has 0 fully saturated rings. The standard InChI is InChI=1S/C17H16Cl3N3O2/c18-12-3-1-11(2-4-12)7-8-21-17(25)22-10-16(24)23-15-9-13(19)5-6-14(15)20/h1-6,9H,7-8,10H2,(H,23,24)(H2,21,22,25). The van der Waals surface area contributed by atoms with Crippen LogP contribution in [0.3, 0.4) is 0 Å². The van der Waals surface area contributed by atoms with E-state index < -0.39 is 11.9 Å². The van der Waals surface area contributed by atoms with E-state index >= 15 is 0 Å². The molecule has 0 spiro atoms. The van der Waals surface area contributed by atoms with Crippen molar-refractivity contribution in [3.8, 4) is 0 Å². The van der Waals surface area contributed by atoms with Gasteiger partial charge in [-0.3, -0.25) is 4.79 Å². The molecule has 0 aliphatic carbocycles. The minimum absolute atomic E-state index is 0.185. The fourth-order valence-electron chi connectivity index (χ4n) is 1.98. The first-order chi connectivity index (χ1) is 11.9. The van der Waals surface area contributed by atoms with Crippen molar-refractivity contribution in [1.82, 2.24) is 10.6 Å². The van der Waals surface area contributed by atoms with Crippen LogP contribution in [0.4, 0.5) is 10.5 Å². The maximum Gasteiger partial charge on any atom is 0.315 e. The third-order valence-electron chi connectivity index (χ3n) is 3.22. The molecule has 0 radical (unpaired) electrons. The van der Waals surface area contributed by atoms with Gasteiger partial charge in [-0.15, -0.1) is 0 Å². The fourth-order valence-corrected chi connectivity index (χ4v) is 2.45. The summed E-state index contributed by atoms with van der Waals surface area (Å²) >= 11 is 17.6. The first-order valence-corrected chi connectivity index (χ1v) is 8.58.